The number of aryl methyl sites for hydroxylation is 2. The van der Waals surface area contributed by atoms with E-state index in [1.165, 1.54) is 0 Å². The molecule has 1 aromatic heterocycles. The lowest BCUT2D eigenvalue weighted by atomic mass is 10.1. The number of nitrogens with zero attached hydrogens (tertiary/aromatic N) is 2. The number of anilines is 2. The lowest BCUT2D eigenvalue weighted by Crippen LogP contribution is -2.32. The largest absolute Gasteiger partial charge is 0.330 e. The highest BCUT2D eigenvalue weighted by molar-refractivity contribution is 5.97. The van der Waals surface area contributed by atoms with Gasteiger partial charge in [-0.25, -0.2) is 4.79 Å². The summed E-state index contributed by atoms with van der Waals surface area (Å²) in [5.41, 5.74) is 4.41. The van der Waals surface area contributed by atoms with Crippen molar-refractivity contribution in [3.63, 3.8) is 0 Å². The van der Waals surface area contributed by atoms with Crippen LogP contribution in [0.3, 0.4) is 0 Å². The van der Waals surface area contributed by atoms with Crippen LogP contribution in [0.4, 0.5) is 16.2 Å². The number of amides is 3. The Morgan fingerprint density at radius 3 is 2.73 bits per heavy atom. The number of benzene rings is 1. The van der Waals surface area contributed by atoms with Crippen LogP contribution in [0, 0.1) is 13.8 Å². The topological polar surface area (TPSA) is 74.3 Å². The molecule has 3 amide bonds. The van der Waals surface area contributed by atoms with Crippen LogP contribution >= 0.6 is 0 Å². The van der Waals surface area contributed by atoms with Crippen molar-refractivity contribution < 1.29 is 9.59 Å². The van der Waals surface area contributed by atoms with E-state index in [0.29, 0.717) is 12.1 Å². The standard InChI is InChI=1S/C20H24N4O2/c1-13-8-9-16(12-17(13)24-11-5-7-18(24)25)23-20(26)22-15(3)19-14(2)6-4-10-21-19/h4,6,8-10,12,15H,5,7,11H2,1-3H3,(H2,22,23,26)/t15-/m0/s1. The zero-order valence-electron chi connectivity index (χ0n) is 15.4. The smallest absolute Gasteiger partial charge is 0.319 e. The molecule has 1 saturated heterocycles. The first-order valence-electron chi connectivity index (χ1n) is 8.86. The molecule has 3 rings (SSSR count). The maximum Gasteiger partial charge on any atom is 0.319 e. The summed E-state index contributed by atoms with van der Waals surface area (Å²) in [5.74, 6) is 0.133. The van der Waals surface area contributed by atoms with Gasteiger partial charge in [0.2, 0.25) is 5.91 Å². The fraction of sp³-hybridized carbons (Fsp3) is 0.350. The van der Waals surface area contributed by atoms with Gasteiger partial charge in [-0.2, -0.15) is 0 Å². The first-order chi connectivity index (χ1) is 12.5. The third kappa shape index (κ3) is 3.85. The Morgan fingerprint density at radius 2 is 2.04 bits per heavy atom. The van der Waals surface area contributed by atoms with Crippen molar-refractivity contribution >= 4 is 23.3 Å². The molecule has 0 radical (unpaired) electrons. The second-order valence-electron chi connectivity index (χ2n) is 6.68. The van der Waals surface area contributed by atoms with E-state index >= 15 is 0 Å². The van der Waals surface area contributed by atoms with Crippen LogP contribution in [-0.4, -0.2) is 23.5 Å². The van der Waals surface area contributed by atoms with Gasteiger partial charge < -0.3 is 15.5 Å². The summed E-state index contributed by atoms with van der Waals surface area (Å²) in [6.07, 6.45) is 3.17. The summed E-state index contributed by atoms with van der Waals surface area (Å²) < 4.78 is 0. The van der Waals surface area contributed by atoms with E-state index in [0.717, 1.165) is 35.5 Å². The average Bonchev–Trinajstić information content (AvgIpc) is 3.02. The van der Waals surface area contributed by atoms with E-state index in [2.05, 4.69) is 15.6 Å². The molecular formula is C20H24N4O2. The Hall–Kier alpha value is -2.89. The summed E-state index contributed by atoms with van der Waals surface area (Å²) in [6.45, 7) is 6.57. The van der Waals surface area contributed by atoms with Gasteiger partial charge in [0.1, 0.15) is 0 Å². The van der Waals surface area contributed by atoms with Crippen LogP contribution < -0.4 is 15.5 Å². The minimum atomic E-state index is -0.301. The van der Waals surface area contributed by atoms with E-state index in [4.69, 9.17) is 0 Å². The van der Waals surface area contributed by atoms with Crippen LogP contribution in [0.1, 0.15) is 42.6 Å². The van der Waals surface area contributed by atoms with E-state index in [-0.39, 0.29) is 18.0 Å². The number of carbonyl (C=O) groups is 2. The molecule has 0 bridgehead atoms. The van der Waals surface area contributed by atoms with Gasteiger partial charge in [-0.3, -0.25) is 9.78 Å². The normalized spacial score (nSPS) is 15.0. The highest BCUT2D eigenvalue weighted by Crippen LogP contribution is 2.28. The molecule has 136 valence electrons. The predicted octanol–water partition coefficient (Wildman–Crippen LogP) is 3.71. The fourth-order valence-electron chi connectivity index (χ4n) is 3.26. The number of hydrogen-bond donors (Lipinski definition) is 2. The summed E-state index contributed by atoms with van der Waals surface area (Å²) in [6, 6.07) is 8.95. The van der Waals surface area contributed by atoms with Gasteiger partial charge in [0, 0.05) is 30.5 Å². The van der Waals surface area contributed by atoms with Crippen LogP contribution in [0.25, 0.3) is 0 Å². The summed E-state index contributed by atoms with van der Waals surface area (Å²) in [5, 5.41) is 5.76. The lowest BCUT2D eigenvalue weighted by Gasteiger charge is -2.20. The van der Waals surface area contributed by atoms with Gasteiger partial charge in [-0.15, -0.1) is 0 Å². The van der Waals surface area contributed by atoms with Crippen LogP contribution in [-0.2, 0) is 4.79 Å². The molecule has 2 heterocycles. The van der Waals surface area contributed by atoms with Gasteiger partial charge in [0.15, 0.2) is 0 Å². The second kappa shape index (κ2) is 7.56. The van der Waals surface area contributed by atoms with E-state index in [1.807, 2.05) is 51.1 Å². The van der Waals surface area contributed by atoms with Crippen LogP contribution in [0.2, 0.25) is 0 Å². The molecule has 0 unspecified atom stereocenters. The van der Waals surface area contributed by atoms with E-state index in [9.17, 15) is 9.59 Å². The van der Waals surface area contributed by atoms with Crippen molar-refractivity contribution in [2.24, 2.45) is 0 Å². The molecule has 1 fully saturated rings. The number of urea groups is 1. The molecule has 0 aliphatic carbocycles. The van der Waals surface area contributed by atoms with Crippen molar-refractivity contribution in [1.29, 1.82) is 0 Å². The Bertz CT molecular complexity index is 834. The van der Waals surface area contributed by atoms with Gasteiger partial charge >= 0.3 is 6.03 Å². The quantitative estimate of drug-likeness (QED) is 0.881. The summed E-state index contributed by atoms with van der Waals surface area (Å²) in [7, 11) is 0. The van der Waals surface area contributed by atoms with Gasteiger partial charge in [0.05, 0.1) is 11.7 Å². The molecule has 2 aromatic rings. The van der Waals surface area contributed by atoms with Crippen molar-refractivity contribution in [3.05, 3.63) is 53.3 Å². The SMILES string of the molecule is Cc1ccc(NC(=O)N[C@@H](C)c2ncccc2C)cc1N1CCCC1=O. The third-order valence-corrected chi connectivity index (χ3v) is 4.64. The lowest BCUT2D eigenvalue weighted by molar-refractivity contribution is -0.117. The molecular weight excluding hydrogens is 328 g/mol. The van der Waals surface area contributed by atoms with Crippen molar-refractivity contribution in [1.82, 2.24) is 10.3 Å². The minimum Gasteiger partial charge on any atom is -0.330 e. The molecule has 6 nitrogen and oxygen atoms in total. The Labute approximate surface area is 153 Å². The van der Waals surface area contributed by atoms with E-state index in [1.54, 1.807) is 11.1 Å². The molecule has 0 spiro atoms. The van der Waals surface area contributed by atoms with Crippen molar-refractivity contribution in [3.8, 4) is 0 Å². The Morgan fingerprint density at radius 1 is 1.23 bits per heavy atom. The number of nitrogens with one attached hydrogen (secondary N) is 2. The van der Waals surface area contributed by atoms with E-state index < -0.39 is 0 Å². The molecule has 1 atom stereocenters. The van der Waals surface area contributed by atoms with Crippen molar-refractivity contribution in [2.75, 3.05) is 16.8 Å². The first-order valence-corrected chi connectivity index (χ1v) is 8.86. The molecule has 1 aliphatic heterocycles. The van der Waals surface area contributed by atoms with Gasteiger partial charge in [-0.05, 0) is 56.5 Å². The number of rotatable bonds is 4. The monoisotopic (exact) mass is 352 g/mol. The molecule has 0 saturated carbocycles. The zero-order chi connectivity index (χ0) is 18.7. The number of hydrogen-bond acceptors (Lipinski definition) is 3. The molecule has 2 N–H and O–H groups in total. The first kappa shape index (κ1) is 17.9. The third-order valence-electron chi connectivity index (χ3n) is 4.64. The molecule has 1 aromatic carbocycles. The Kier molecular flexibility index (Phi) is 5.21. The maximum atomic E-state index is 12.4. The second-order valence-corrected chi connectivity index (χ2v) is 6.68. The van der Waals surface area contributed by atoms with Gasteiger partial charge in [-0.1, -0.05) is 12.1 Å². The fourth-order valence-corrected chi connectivity index (χ4v) is 3.26. The van der Waals surface area contributed by atoms with Crippen LogP contribution in [0.15, 0.2) is 36.5 Å². The highest BCUT2D eigenvalue weighted by atomic mass is 16.2. The number of pyridine rings is 1. The maximum absolute atomic E-state index is 12.4. The predicted molar refractivity (Wildman–Crippen MR) is 102 cm³/mol. The Balaban J connectivity index is 1.70. The van der Waals surface area contributed by atoms with Gasteiger partial charge in [0.25, 0.3) is 0 Å². The molecule has 26 heavy (non-hydrogen) atoms. The average molecular weight is 352 g/mol. The minimum absolute atomic E-state index is 0.133. The zero-order valence-corrected chi connectivity index (χ0v) is 15.4. The summed E-state index contributed by atoms with van der Waals surface area (Å²) in [4.78, 5) is 30.5. The van der Waals surface area contributed by atoms with Crippen LogP contribution in [0.5, 0.6) is 0 Å². The molecule has 6 heteroatoms. The van der Waals surface area contributed by atoms with Crippen molar-refractivity contribution in [2.45, 2.75) is 39.7 Å². The highest BCUT2D eigenvalue weighted by Gasteiger charge is 2.23. The number of carbonyl (C=O) groups excluding carboxylic acids is 2. The number of aromatic nitrogens is 1. The summed E-state index contributed by atoms with van der Waals surface area (Å²) >= 11 is 0. The molecule has 1 aliphatic rings.